The number of nitrogens with zero attached hydrogens (tertiary/aromatic N) is 2. The predicted octanol–water partition coefficient (Wildman–Crippen LogP) is 0.343. The molecule has 1 atom stereocenters. The highest BCUT2D eigenvalue weighted by Crippen LogP contribution is 2.26. The van der Waals surface area contributed by atoms with Crippen molar-refractivity contribution < 1.29 is 9.59 Å². The van der Waals surface area contributed by atoms with E-state index in [1.54, 1.807) is 24.9 Å². The molecule has 0 aliphatic carbocycles. The highest BCUT2D eigenvalue weighted by atomic mass is 16.2. The normalized spacial score (nSPS) is 20.1. The van der Waals surface area contributed by atoms with E-state index in [0.29, 0.717) is 5.82 Å². The summed E-state index contributed by atoms with van der Waals surface area (Å²) in [5, 5.41) is 2.33. The summed E-state index contributed by atoms with van der Waals surface area (Å²) in [5.74, 6) is -0.0583. The number of nitrogens with one attached hydrogen (secondary N) is 1. The number of hydrogen-bond acceptors (Lipinski definition) is 5. The first-order chi connectivity index (χ1) is 8.82. The maximum absolute atomic E-state index is 11.9. The van der Waals surface area contributed by atoms with Crippen LogP contribution in [0.25, 0.3) is 0 Å². The van der Waals surface area contributed by atoms with Gasteiger partial charge in [-0.25, -0.2) is 4.98 Å². The third-order valence-electron chi connectivity index (χ3n) is 3.36. The second-order valence-corrected chi connectivity index (χ2v) is 5.26. The molecule has 6 heteroatoms. The number of carbonyl (C=O) groups excluding carboxylic acids is 2. The van der Waals surface area contributed by atoms with Gasteiger partial charge in [0.2, 0.25) is 5.91 Å². The quantitative estimate of drug-likeness (QED) is 0.750. The third-order valence-corrected chi connectivity index (χ3v) is 3.36. The van der Waals surface area contributed by atoms with Crippen LogP contribution in [0, 0.1) is 0 Å². The third kappa shape index (κ3) is 2.44. The Kier molecular flexibility index (Phi) is 3.28. The van der Waals surface area contributed by atoms with Crippen molar-refractivity contribution in [3.8, 4) is 0 Å². The maximum atomic E-state index is 11.9. The van der Waals surface area contributed by atoms with Crippen LogP contribution in [-0.2, 0) is 9.59 Å². The predicted molar refractivity (Wildman–Crippen MR) is 71.4 cm³/mol. The van der Waals surface area contributed by atoms with Gasteiger partial charge in [-0.1, -0.05) is 0 Å². The lowest BCUT2D eigenvalue weighted by molar-refractivity contribution is -0.135. The monoisotopic (exact) mass is 262 g/mol. The van der Waals surface area contributed by atoms with Crippen LogP contribution in [0.4, 0.5) is 5.82 Å². The van der Waals surface area contributed by atoms with Crippen molar-refractivity contribution in [3.63, 3.8) is 0 Å². The lowest BCUT2D eigenvalue weighted by Gasteiger charge is -2.41. The summed E-state index contributed by atoms with van der Waals surface area (Å²) in [6, 6.07) is 3.52. The Hall–Kier alpha value is -1.95. The van der Waals surface area contributed by atoms with Crippen LogP contribution < -0.4 is 16.0 Å². The van der Waals surface area contributed by atoms with Gasteiger partial charge in [0.25, 0.3) is 5.91 Å². The Morgan fingerprint density at radius 2 is 2.16 bits per heavy atom. The summed E-state index contributed by atoms with van der Waals surface area (Å²) in [5.41, 5.74) is 5.94. The molecule has 19 heavy (non-hydrogen) atoms. The number of amides is 2. The van der Waals surface area contributed by atoms with Crippen molar-refractivity contribution in [2.45, 2.75) is 32.4 Å². The Morgan fingerprint density at radius 3 is 2.79 bits per heavy atom. The van der Waals surface area contributed by atoms with Crippen LogP contribution in [0.5, 0.6) is 0 Å². The van der Waals surface area contributed by atoms with Gasteiger partial charge >= 0.3 is 0 Å². The number of hydrogen-bond donors (Lipinski definition) is 2. The zero-order valence-corrected chi connectivity index (χ0v) is 11.3. The highest BCUT2D eigenvalue weighted by Gasteiger charge is 2.41. The lowest BCUT2D eigenvalue weighted by atomic mass is 9.98. The second-order valence-electron chi connectivity index (χ2n) is 5.26. The van der Waals surface area contributed by atoms with Gasteiger partial charge in [-0.15, -0.1) is 0 Å². The van der Waals surface area contributed by atoms with E-state index in [2.05, 4.69) is 10.3 Å². The van der Waals surface area contributed by atoms with Gasteiger partial charge in [-0.3, -0.25) is 14.9 Å². The number of nitrogens with two attached hydrogens (primary N) is 1. The number of rotatable bonds is 2. The summed E-state index contributed by atoms with van der Waals surface area (Å²) in [7, 11) is 0. The van der Waals surface area contributed by atoms with Crippen LogP contribution in [0.15, 0.2) is 18.3 Å². The molecule has 0 aromatic carbocycles. The molecule has 2 rings (SSSR count). The standard InChI is InChI=1S/C13H18N4O2/c1-8(14)9-4-5-15-10(6-9)17-7-11(18)16-12(19)13(17,2)3/h4-6,8H,7,14H2,1-3H3,(H,16,18,19)/t8-/m1/s1. The van der Waals surface area contributed by atoms with Crippen molar-refractivity contribution in [2.75, 3.05) is 11.4 Å². The average molecular weight is 262 g/mol. The number of pyridine rings is 1. The molecule has 2 heterocycles. The molecule has 0 spiro atoms. The summed E-state index contributed by atoms with van der Waals surface area (Å²) in [4.78, 5) is 29.4. The molecule has 6 nitrogen and oxygen atoms in total. The molecule has 0 saturated carbocycles. The first-order valence-electron chi connectivity index (χ1n) is 6.16. The maximum Gasteiger partial charge on any atom is 0.251 e. The molecule has 2 amide bonds. The fraction of sp³-hybridized carbons (Fsp3) is 0.462. The highest BCUT2D eigenvalue weighted by molar-refractivity contribution is 6.06. The fourth-order valence-electron chi connectivity index (χ4n) is 2.02. The van der Waals surface area contributed by atoms with E-state index in [-0.39, 0.29) is 24.4 Å². The SMILES string of the molecule is C[C@@H](N)c1ccnc(N2CC(=O)NC(=O)C2(C)C)c1. The molecule has 1 aliphatic heterocycles. The van der Waals surface area contributed by atoms with Crippen LogP contribution in [0.2, 0.25) is 0 Å². The second kappa shape index (κ2) is 4.62. The number of carbonyl (C=O) groups is 2. The van der Waals surface area contributed by atoms with Crippen molar-refractivity contribution in [2.24, 2.45) is 5.73 Å². The van der Waals surface area contributed by atoms with Gasteiger partial charge in [-0.05, 0) is 38.5 Å². The van der Waals surface area contributed by atoms with Crippen LogP contribution in [0.1, 0.15) is 32.4 Å². The smallest absolute Gasteiger partial charge is 0.251 e. The number of piperazine rings is 1. The first-order valence-corrected chi connectivity index (χ1v) is 6.16. The molecular weight excluding hydrogens is 244 g/mol. The zero-order valence-electron chi connectivity index (χ0n) is 11.3. The van der Waals surface area contributed by atoms with E-state index in [0.717, 1.165) is 5.56 Å². The minimum atomic E-state index is -0.822. The molecule has 1 aliphatic rings. The summed E-state index contributed by atoms with van der Waals surface area (Å²) in [6.07, 6.45) is 1.64. The number of imide groups is 1. The first kappa shape index (κ1) is 13.5. The van der Waals surface area contributed by atoms with Gasteiger partial charge < -0.3 is 10.6 Å². The van der Waals surface area contributed by atoms with Crippen LogP contribution in [-0.4, -0.2) is 28.9 Å². The van der Waals surface area contributed by atoms with Gasteiger partial charge in [0.1, 0.15) is 11.4 Å². The Labute approximate surface area is 112 Å². The molecule has 0 unspecified atom stereocenters. The Balaban J connectivity index is 2.41. The molecule has 1 aromatic heterocycles. The summed E-state index contributed by atoms with van der Waals surface area (Å²) >= 11 is 0. The van der Waals surface area contributed by atoms with E-state index in [4.69, 9.17) is 5.73 Å². The number of anilines is 1. The average Bonchev–Trinajstić information content (AvgIpc) is 2.34. The topological polar surface area (TPSA) is 88.3 Å². The summed E-state index contributed by atoms with van der Waals surface area (Å²) < 4.78 is 0. The van der Waals surface area contributed by atoms with Crippen molar-refractivity contribution >= 4 is 17.6 Å². The van der Waals surface area contributed by atoms with E-state index < -0.39 is 5.54 Å². The minimum absolute atomic E-state index is 0.105. The Bertz CT molecular complexity index is 525. The van der Waals surface area contributed by atoms with E-state index >= 15 is 0 Å². The molecule has 1 aromatic rings. The fourth-order valence-corrected chi connectivity index (χ4v) is 2.02. The molecular formula is C13H18N4O2. The molecule has 0 bridgehead atoms. The molecule has 1 saturated heterocycles. The molecule has 3 N–H and O–H groups in total. The van der Waals surface area contributed by atoms with Gasteiger partial charge in [0, 0.05) is 12.2 Å². The largest absolute Gasteiger partial charge is 0.333 e. The number of aromatic nitrogens is 1. The van der Waals surface area contributed by atoms with E-state index in [1.807, 2.05) is 19.1 Å². The summed E-state index contributed by atoms with van der Waals surface area (Å²) in [6.45, 7) is 5.50. The Morgan fingerprint density at radius 1 is 1.47 bits per heavy atom. The van der Waals surface area contributed by atoms with Crippen LogP contribution >= 0.6 is 0 Å². The zero-order chi connectivity index (χ0) is 14.2. The molecule has 0 radical (unpaired) electrons. The molecule has 102 valence electrons. The van der Waals surface area contributed by atoms with Crippen LogP contribution in [0.3, 0.4) is 0 Å². The van der Waals surface area contributed by atoms with Gasteiger partial charge in [0.15, 0.2) is 0 Å². The van der Waals surface area contributed by atoms with Crippen molar-refractivity contribution in [1.29, 1.82) is 0 Å². The van der Waals surface area contributed by atoms with Crippen molar-refractivity contribution in [3.05, 3.63) is 23.9 Å². The van der Waals surface area contributed by atoms with Gasteiger partial charge in [0.05, 0.1) is 6.54 Å². The lowest BCUT2D eigenvalue weighted by Crippen LogP contribution is -2.64. The molecule has 1 fully saturated rings. The minimum Gasteiger partial charge on any atom is -0.333 e. The van der Waals surface area contributed by atoms with Crippen molar-refractivity contribution in [1.82, 2.24) is 10.3 Å². The van der Waals surface area contributed by atoms with E-state index in [1.165, 1.54) is 0 Å². The van der Waals surface area contributed by atoms with Gasteiger partial charge in [-0.2, -0.15) is 0 Å². The van der Waals surface area contributed by atoms with E-state index in [9.17, 15) is 9.59 Å².